The Hall–Kier alpha value is -2.38. The Kier molecular flexibility index (Phi) is 6.62. The third-order valence-corrected chi connectivity index (χ3v) is 6.40. The van der Waals surface area contributed by atoms with Crippen LogP contribution in [0.15, 0.2) is 47.4 Å². The summed E-state index contributed by atoms with van der Waals surface area (Å²) in [5.74, 6) is -0.282. The van der Waals surface area contributed by atoms with Crippen molar-refractivity contribution in [3.8, 4) is 0 Å². The highest BCUT2D eigenvalue weighted by Crippen LogP contribution is 2.29. The number of aryl methyl sites for hydroxylation is 1. The zero-order valence-electron chi connectivity index (χ0n) is 16.5. The summed E-state index contributed by atoms with van der Waals surface area (Å²) in [6, 6.07) is 12.0. The molecule has 27 heavy (non-hydrogen) atoms. The number of nitrogens with zero attached hydrogens (tertiary/aromatic N) is 2. The minimum Gasteiger partial charge on any atom is -0.376 e. The molecule has 0 saturated carbocycles. The zero-order valence-corrected chi connectivity index (χ0v) is 17.3. The molecule has 0 bridgehead atoms. The van der Waals surface area contributed by atoms with Crippen molar-refractivity contribution in [3.63, 3.8) is 0 Å². The number of rotatable bonds is 7. The second-order valence-corrected chi connectivity index (χ2v) is 8.42. The molecule has 0 unspecified atom stereocenters. The summed E-state index contributed by atoms with van der Waals surface area (Å²) < 4.78 is 27.0. The topological polar surface area (TPSA) is 69.7 Å². The smallest absolute Gasteiger partial charge is 0.255 e. The highest BCUT2D eigenvalue weighted by molar-refractivity contribution is 7.89. The molecule has 0 aromatic heterocycles. The monoisotopic (exact) mass is 389 g/mol. The lowest BCUT2D eigenvalue weighted by Gasteiger charge is -2.22. The van der Waals surface area contributed by atoms with Crippen LogP contribution in [-0.2, 0) is 10.0 Å². The first kappa shape index (κ1) is 20.9. The number of amides is 1. The van der Waals surface area contributed by atoms with Gasteiger partial charge in [-0.3, -0.25) is 4.79 Å². The number of nitrogens with one attached hydrogen (secondary N) is 1. The van der Waals surface area contributed by atoms with Gasteiger partial charge in [0.15, 0.2) is 0 Å². The fourth-order valence-corrected chi connectivity index (χ4v) is 4.26. The van der Waals surface area contributed by atoms with E-state index in [1.807, 2.05) is 38.1 Å². The fraction of sp³-hybridized carbons (Fsp3) is 0.350. The van der Waals surface area contributed by atoms with Gasteiger partial charge in [0.25, 0.3) is 5.91 Å². The number of anilines is 2. The van der Waals surface area contributed by atoms with Gasteiger partial charge < -0.3 is 10.2 Å². The molecule has 6 nitrogen and oxygen atoms in total. The molecular formula is C20H27N3O3S. The molecule has 2 aromatic rings. The highest BCUT2D eigenvalue weighted by atomic mass is 32.2. The van der Waals surface area contributed by atoms with E-state index in [-0.39, 0.29) is 10.8 Å². The summed E-state index contributed by atoms with van der Waals surface area (Å²) in [7, 11) is 0.0767. The average molecular weight is 390 g/mol. The molecule has 1 amide bonds. The van der Waals surface area contributed by atoms with Gasteiger partial charge in [0, 0.05) is 32.7 Å². The minimum atomic E-state index is -3.61. The molecule has 0 saturated heterocycles. The van der Waals surface area contributed by atoms with Crippen molar-refractivity contribution in [1.29, 1.82) is 0 Å². The van der Waals surface area contributed by atoms with Crippen LogP contribution in [0.3, 0.4) is 0 Å². The molecule has 146 valence electrons. The van der Waals surface area contributed by atoms with E-state index < -0.39 is 10.0 Å². The molecule has 0 fully saturated rings. The third-order valence-electron chi connectivity index (χ3n) is 4.35. The maximum atomic E-state index is 12.8. The van der Waals surface area contributed by atoms with Crippen molar-refractivity contribution in [2.45, 2.75) is 25.7 Å². The second-order valence-electron chi connectivity index (χ2n) is 6.48. The molecule has 0 atom stereocenters. The summed E-state index contributed by atoms with van der Waals surface area (Å²) in [5.41, 5.74) is 2.77. The van der Waals surface area contributed by atoms with Gasteiger partial charge in [-0.15, -0.1) is 0 Å². The Balaban J connectivity index is 2.44. The lowest BCUT2D eigenvalue weighted by atomic mass is 10.1. The van der Waals surface area contributed by atoms with Gasteiger partial charge in [0.05, 0.1) is 16.3 Å². The molecule has 0 aliphatic rings. The van der Waals surface area contributed by atoms with Gasteiger partial charge in [-0.1, -0.05) is 31.5 Å². The van der Waals surface area contributed by atoms with Crippen LogP contribution in [0.5, 0.6) is 0 Å². The largest absolute Gasteiger partial charge is 0.376 e. The van der Waals surface area contributed by atoms with Gasteiger partial charge >= 0.3 is 0 Å². The first-order valence-corrected chi connectivity index (χ1v) is 10.3. The Bertz CT molecular complexity index is 903. The standard InChI is InChI=1S/C20H27N3O3S/c1-6-23(7-2)27(25,26)17-12-13-19(22(4)5)18(14-17)21-20(24)16-10-8-15(3)9-11-16/h8-14H,6-7H2,1-5H3,(H,21,24). The van der Waals surface area contributed by atoms with Crippen molar-refractivity contribution >= 4 is 27.3 Å². The van der Waals surface area contributed by atoms with E-state index in [2.05, 4.69) is 5.32 Å². The van der Waals surface area contributed by atoms with Crippen LogP contribution in [0, 0.1) is 6.92 Å². The molecule has 2 rings (SSSR count). The molecule has 0 aliphatic heterocycles. The van der Waals surface area contributed by atoms with Gasteiger partial charge in [0.1, 0.15) is 0 Å². The van der Waals surface area contributed by atoms with Gasteiger partial charge in [0.2, 0.25) is 10.0 Å². The van der Waals surface area contributed by atoms with Gasteiger partial charge in [-0.05, 0) is 37.3 Å². The van der Waals surface area contributed by atoms with Crippen molar-refractivity contribution in [3.05, 3.63) is 53.6 Å². The van der Waals surface area contributed by atoms with Crippen LogP contribution >= 0.6 is 0 Å². The van der Waals surface area contributed by atoms with E-state index in [1.165, 1.54) is 10.4 Å². The summed E-state index contributed by atoms with van der Waals surface area (Å²) >= 11 is 0. The molecule has 0 spiro atoms. The van der Waals surface area contributed by atoms with Crippen molar-refractivity contribution in [2.24, 2.45) is 0 Å². The number of carbonyl (C=O) groups is 1. The summed E-state index contributed by atoms with van der Waals surface area (Å²) in [4.78, 5) is 14.6. The number of hydrogen-bond acceptors (Lipinski definition) is 4. The maximum absolute atomic E-state index is 12.8. The predicted molar refractivity (Wildman–Crippen MR) is 110 cm³/mol. The van der Waals surface area contributed by atoms with Crippen LogP contribution in [0.25, 0.3) is 0 Å². The van der Waals surface area contributed by atoms with Crippen LogP contribution in [0.4, 0.5) is 11.4 Å². The van der Waals surface area contributed by atoms with Crippen LogP contribution < -0.4 is 10.2 Å². The van der Waals surface area contributed by atoms with Crippen molar-refractivity contribution in [2.75, 3.05) is 37.4 Å². The number of carbonyl (C=O) groups excluding carboxylic acids is 1. The van der Waals surface area contributed by atoms with Crippen molar-refractivity contribution < 1.29 is 13.2 Å². The van der Waals surface area contributed by atoms with E-state index in [1.54, 1.807) is 38.1 Å². The zero-order chi connectivity index (χ0) is 20.2. The van der Waals surface area contributed by atoms with Crippen LogP contribution in [0.1, 0.15) is 29.8 Å². The van der Waals surface area contributed by atoms with Crippen LogP contribution in [0.2, 0.25) is 0 Å². The maximum Gasteiger partial charge on any atom is 0.255 e. The molecule has 0 heterocycles. The van der Waals surface area contributed by atoms with E-state index in [4.69, 9.17) is 0 Å². The average Bonchev–Trinajstić information content (AvgIpc) is 2.62. The van der Waals surface area contributed by atoms with E-state index >= 15 is 0 Å². The minimum absolute atomic E-state index is 0.163. The Morgan fingerprint density at radius 3 is 2.11 bits per heavy atom. The summed E-state index contributed by atoms with van der Waals surface area (Å²) in [5, 5.41) is 2.85. The molecule has 0 aliphatic carbocycles. The molecule has 1 N–H and O–H groups in total. The molecule has 2 aromatic carbocycles. The third kappa shape index (κ3) is 4.67. The highest BCUT2D eigenvalue weighted by Gasteiger charge is 2.23. The van der Waals surface area contributed by atoms with Gasteiger partial charge in [-0.2, -0.15) is 4.31 Å². The number of sulfonamides is 1. The SMILES string of the molecule is CCN(CC)S(=O)(=O)c1ccc(N(C)C)c(NC(=O)c2ccc(C)cc2)c1. The second kappa shape index (κ2) is 8.54. The van der Waals surface area contributed by atoms with E-state index in [0.29, 0.717) is 24.3 Å². The quantitative estimate of drug-likeness (QED) is 0.788. The Morgan fingerprint density at radius 2 is 1.59 bits per heavy atom. The lowest BCUT2D eigenvalue weighted by Crippen LogP contribution is -2.30. The van der Waals surface area contributed by atoms with E-state index in [0.717, 1.165) is 11.3 Å². The number of hydrogen-bond donors (Lipinski definition) is 1. The predicted octanol–water partition coefficient (Wildman–Crippen LogP) is 3.34. The molecule has 0 radical (unpaired) electrons. The summed E-state index contributed by atoms with van der Waals surface area (Å²) in [6.45, 7) is 6.33. The van der Waals surface area contributed by atoms with Crippen LogP contribution in [-0.4, -0.2) is 45.8 Å². The van der Waals surface area contributed by atoms with E-state index in [9.17, 15) is 13.2 Å². The Morgan fingerprint density at radius 1 is 1.00 bits per heavy atom. The first-order valence-electron chi connectivity index (χ1n) is 8.90. The molecule has 7 heteroatoms. The van der Waals surface area contributed by atoms with Crippen molar-refractivity contribution in [1.82, 2.24) is 4.31 Å². The van der Waals surface area contributed by atoms with Gasteiger partial charge in [-0.25, -0.2) is 8.42 Å². The fourth-order valence-electron chi connectivity index (χ4n) is 2.78. The normalized spacial score (nSPS) is 11.5. The first-order chi connectivity index (χ1) is 12.7. The Labute approximate surface area is 161 Å². The lowest BCUT2D eigenvalue weighted by molar-refractivity contribution is 0.102. The number of benzene rings is 2. The summed E-state index contributed by atoms with van der Waals surface area (Å²) in [6.07, 6.45) is 0. The molecular weight excluding hydrogens is 362 g/mol.